The van der Waals surface area contributed by atoms with Crippen LogP contribution in [0.2, 0.25) is 0 Å². The molecule has 1 aromatic carbocycles. The predicted octanol–water partition coefficient (Wildman–Crippen LogP) is 4.26. The molecule has 25 heavy (non-hydrogen) atoms. The largest absolute Gasteiger partial charge is 0.377 e. The van der Waals surface area contributed by atoms with Crippen molar-refractivity contribution >= 4 is 0 Å². The molecular formula is C21H31N3O. The highest BCUT2D eigenvalue weighted by Crippen LogP contribution is 2.22. The van der Waals surface area contributed by atoms with Gasteiger partial charge in [0.15, 0.2) is 0 Å². The molecule has 0 aliphatic carbocycles. The molecule has 4 heteroatoms. The fraction of sp³-hybridized carbons (Fsp3) is 0.571. The maximum absolute atomic E-state index is 5.90. The first-order valence-electron chi connectivity index (χ1n) is 9.47. The van der Waals surface area contributed by atoms with Crippen LogP contribution in [0, 0.1) is 13.8 Å². The number of rotatable bonds is 7. The van der Waals surface area contributed by atoms with Gasteiger partial charge in [0.05, 0.1) is 11.8 Å². The molecule has 1 saturated heterocycles. The summed E-state index contributed by atoms with van der Waals surface area (Å²) >= 11 is 0. The first-order chi connectivity index (χ1) is 12.0. The lowest BCUT2D eigenvalue weighted by molar-refractivity contribution is 0.0677. The molecule has 1 atom stereocenters. The van der Waals surface area contributed by atoms with Crippen molar-refractivity contribution < 1.29 is 4.74 Å². The first kappa shape index (κ1) is 18.2. The highest BCUT2D eigenvalue weighted by molar-refractivity contribution is 5.25. The molecule has 3 rings (SSSR count). The van der Waals surface area contributed by atoms with Gasteiger partial charge in [0.25, 0.3) is 0 Å². The molecule has 0 saturated carbocycles. The number of benzene rings is 1. The lowest BCUT2D eigenvalue weighted by atomic mass is 10.1. The monoisotopic (exact) mass is 341 g/mol. The van der Waals surface area contributed by atoms with Crippen LogP contribution in [0.1, 0.15) is 55.2 Å². The average molecular weight is 341 g/mol. The summed E-state index contributed by atoms with van der Waals surface area (Å²) in [5.41, 5.74) is 5.16. The fourth-order valence-corrected chi connectivity index (χ4v) is 3.76. The molecule has 1 fully saturated rings. The summed E-state index contributed by atoms with van der Waals surface area (Å²) in [6.45, 7) is 12.5. The Bertz CT molecular complexity index is 672. The topological polar surface area (TPSA) is 30.3 Å². The van der Waals surface area contributed by atoms with Crippen molar-refractivity contribution in [1.82, 2.24) is 14.7 Å². The Balaban J connectivity index is 1.79. The third-order valence-electron chi connectivity index (χ3n) is 5.08. The Morgan fingerprint density at radius 2 is 1.96 bits per heavy atom. The molecule has 0 bridgehead atoms. The van der Waals surface area contributed by atoms with E-state index in [2.05, 4.69) is 67.6 Å². The molecule has 0 N–H and O–H groups in total. The van der Waals surface area contributed by atoms with Crippen LogP contribution in [0.25, 0.3) is 0 Å². The first-order valence-corrected chi connectivity index (χ1v) is 9.47. The molecule has 1 unspecified atom stereocenters. The van der Waals surface area contributed by atoms with Gasteiger partial charge in [0.1, 0.15) is 0 Å². The second kappa shape index (κ2) is 8.15. The van der Waals surface area contributed by atoms with Crippen LogP contribution >= 0.6 is 0 Å². The summed E-state index contributed by atoms with van der Waals surface area (Å²) in [4.78, 5) is 2.52. The van der Waals surface area contributed by atoms with E-state index >= 15 is 0 Å². The zero-order valence-electron chi connectivity index (χ0n) is 16.0. The summed E-state index contributed by atoms with van der Waals surface area (Å²) in [5, 5.41) is 4.76. The van der Waals surface area contributed by atoms with Crippen molar-refractivity contribution in [3.8, 4) is 0 Å². The maximum atomic E-state index is 5.90. The second-order valence-corrected chi connectivity index (χ2v) is 7.48. The van der Waals surface area contributed by atoms with Crippen LogP contribution in [0.4, 0.5) is 0 Å². The molecule has 2 heterocycles. The standard InChI is InChI=1S/C21H31N3O/c1-16(2)24-18(4)21(17(3)22-24)15-23(14-20-11-8-12-25-20)13-19-9-6-5-7-10-19/h5-7,9-10,16,20H,8,11-15H2,1-4H3. The van der Waals surface area contributed by atoms with E-state index in [1.807, 2.05) is 0 Å². The smallest absolute Gasteiger partial charge is 0.0703 e. The Morgan fingerprint density at radius 3 is 2.56 bits per heavy atom. The fourth-order valence-electron chi connectivity index (χ4n) is 3.76. The Labute approximate surface area is 151 Å². The highest BCUT2D eigenvalue weighted by atomic mass is 16.5. The van der Waals surface area contributed by atoms with E-state index in [9.17, 15) is 0 Å². The SMILES string of the molecule is Cc1nn(C(C)C)c(C)c1CN(Cc1ccccc1)CC1CCCO1. The van der Waals surface area contributed by atoms with E-state index in [1.54, 1.807) is 0 Å². The van der Waals surface area contributed by atoms with Crippen molar-refractivity contribution in [3.63, 3.8) is 0 Å². The van der Waals surface area contributed by atoms with Gasteiger partial charge in [-0.05, 0) is 46.1 Å². The van der Waals surface area contributed by atoms with Crippen LogP contribution in [0.5, 0.6) is 0 Å². The van der Waals surface area contributed by atoms with Crippen LogP contribution in [0.15, 0.2) is 30.3 Å². The number of aromatic nitrogens is 2. The van der Waals surface area contributed by atoms with Crippen LogP contribution in [-0.2, 0) is 17.8 Å². The van der Waals surface area contributed by atoms with E-state index in [0.29, 0.717) is 12.1 Å². The zero-order valence-corrected chi connectivity index (χ0v) is 16.0. The van der Waals surface area contributed by atoms with Gasteiger partial charge in [-0.1, -0.05) is 30.3 Å². The minimum absolute atomic E-state index is 0.365. The molecule has 1 aliphatic rings. The predicted molar refractivity (Wildman–Crippen MR) is 102 cm³/mol. The van der Waals surface area contributed by atoms with E-state index in [4.69, 9.17) is 9.84 Å². The van der Waals surface area contributed by atoms with Crippen LogP contribution in [-0.4, -0.2) is 33.9 Å². The summed E-state index contributed by atoms with van der Waals surface area (Å²) < 4.78 is 8.05. The molecule has 0 spiro atoms. The molecule has 0 amide bonds. The Morgan fingerprint density at radius 1 is 1.20 bits per heavy atom. The molecule has 1 aromatic heterocycles. The van der Waals surface area contributed by atoms with Gasteiger partial charge in [-0.2, -0.15) is 5.10 Å². The van der Waals surface area contributed by atoms with E-state index in [0.717, 1.165) is 31.9 Å². The quantitative estimate of drug-likeness (QED) is 0.754. The average Bonchev–Trinajstić information content (AvgIpc) is 3.19. The summed E-state index contributed by atoms with van der Waals surface area (Å²) in [6.07, 6.45) is 2.73. The summed E-state index contributed by atoms with van der Waals surface area (Å²) in [7, 11) is 0. The minimum atomic E-state index is 0.365. The normalized spacial score (nSPS) is 17.8. The molecule has 4 nitrogen and oxygen atoms in total. The number of nitrogens with zero attached hydrogens (tertiary/aromatic N) is 3. The third kappa shape index (κ3) is 4.50. The zero-order chi connectivity index (χ0) is 17.8. The van der Waals surface area contributed by atoms with Crippen LogP contribution < -0.4 is 0 Å². The third-order valence-corrected chi connectivity index (χ3v) is 5.08. The second-order valence-electron chi connectivity index (χ2n) is 7.48. The van der Waals surface area contributed by atoms with Gasteiger partial charge in [-0.15, -0.1) is 0 Å². The lowest BCUT2D eigenvalue weighted by Crippen LogP contribution is -2.31. The number of hydrogen-bond donors (Lipinski definition) is 0. The van der Waals surface area contributed by atoms with Gasteiger partial charge >= 0.3 is 0 Å². The van der Waals surface area contributed by atoms with Crippen LogP contribution in [0.3, 0.4) is 0 Å². The maximum Gasteiger partial charge on any atom is 0.0703 e. The van der Waals surface area contributed by atoms with Crippen molar-refractivity contribution in [2.24, 2.45) is 0 Å². The number of ether oxygens (including phenoxy) is 1. The molecule has 1 aliphatic heterocycles. The van der Waals surface area contributed by atoms with Crippen molar-refractivity contribution in [3.05, 3.63) is 52.8 Å². The summed E-state index contributed by atoms with van der Waals surface area (Å²) in [5.74, 6) is 0. The lowest BCUT2D eigenvalue weighted by Gasteiger charge is -2.25. The van der Waals surface area contributed by atoms with Gasteiger partial charge in [0.2, 0.25) is 0 Å². The van der Waals surface area contributed by atoms with E-state index < -0.39 is 0 Å². The Hall–Kier alpha value is -1.65. The number of hydrogen-bond acceptors (Lipinski definition) is 3. The minimum Gasteiger partial charge on any atom is -0.377 e. The highest BCUT2D eigenvalue weighted by Gasteiger charge is 2.22. The van der Waals surface area contributed by atoms with Crippen molar-refractivity contribution in [2.75, 3.05) is 13.2 Å². The molecular weight excluding hydrogens is 310 g/mol. The summed E-state index contributed by atoms with van der Waals surface area (Å²) in [6, 6.07) is 11.1. The molecule has 0 radical (unpaired) electrons. The number of aryl methyl sites for hydroxylation is 1. The van der Waals surface area contributed by atoms with Gasteiger partial charge in [-0.25, -0.2) is 0 Å². The van der Waals surface area contributed by atoms with Gasteiger partial charge in [-0.3, -0.25) is 9.58 Å². The molecule has 2 aromatic rings. The van der Waals surface area contributed by atoms with E-state index in [-0.39, 0.29) is 0 Å². The van der Waals surface area contributed by atoms with Crippen molar-refractivity contribution in [2.45, 2.75) is 65.8 Å². The van der Waals surface area contributed by atoms with Gasteiger partial charge in [0, 0.05) is 43.5 Å². The molecule has 136 valence electrons. The van der Waals surface area contributed by atoms with Gasteiger partial charge < -0.3 is 4.74 Å². The van der Waals surface area contributed by atoms with E-state index in [1.165, 1.54) is 29.7 Å². The van der Waals surface area contributed by atoms with Crippen molar-refractivity contribution in [1.29, 1.82) is 0 Å². The Kier molecular flexibility index (Phi) is 5.92.